The van der Waals surface area contributed by atoms with Gasteiger partial charge in [0.15, 0.2) is 0 Å². The Kier molecular flexibility index (Phi) is 6.13. The summed E-state index contributed by atoms with van der Waals surface area (Å²) < 4.78 is 5.92. The van der Waals surface area contributed by atoms with E-state index in [9.17, 15) is 0 Å². The fraction of sp³-hybridized carbons (Fsp3) is 0.278. The van der Waals surface area contributed by atoms with Crippen LogP contribution < -0.4 is 5.32 Å². The summed E-state index contributed by atoms with van der Waals surface area (Å²) >= 11 is 0. The molecule has 2 rings (SSSR count). The maximum atomic E-state index is 8.78. The third kappa shape index (κ3) is 4.41. The number of aliphatic imine (C=N–C) groups is 1. The number of hydrogen-bond acceptors (Lipinski definition) is 4. The predicted octanol–water partition coefficient (Wildman–Crippen LogP) is 2.87. The third-order valence-corrected chi connectivity index (χ3v) is 3.33. The van der Waals surface area contributed by atoms with Crippen LogP contribution in [0.3, 0.4) is 0 Å². The first kappa shape index (κ1) is 16.2. The molecule has 0 aliphatic heterocycles. The molecule has 2 N–H and O–H groups in total. The normalized spacial score (nSPS) is 12.4. The lowest BCUT2D eigenvalue weighted by atomic mass is 10.1. The van der Waals surface area contributed by atoms with Gasteiger partial charge in [-0.25, -0.2) is 0 Å². The van der Waals surface area contributed by atoms with Gasteiger partial charge in [0.2, 0.25) is 0 Å². The zero-order valence-corrected chi connectivity index (χ0v) is 12.9. The number of aliphatic hydroxyl groups excluding tert-OH is 1. The fourth-order valence-electron chi connectivity index (χ4n) is 2.21. The Bertz CT molecular complexity index is 683. The van der Waals surface area contributed by atoms with E-state index in [2.05, 4.69) is 35.1 Å². The van der Waals surface area contributed by atoms with Crippen molar-refractivity contribution in [3.05, 3.63) is 59.9 Å². The van der Waals surface area contributed by atoms with E-state index in [4.69, 9.17) is 9.52 Å². The second-order valence-electron chi connectivity index (χ2n) is 5.02. The van der Waals surface area contributed by atoms with Crippen LogP contribution in [0, 0.1) is 0 Å². The zero-order valence-electron chi connectivity index (χ0n) is 12.9. The van der Waals surface area contributed by atoms with Gasteiger partial charge in [-0.1, -0.05) is 24.8 Å². The van der Waals surface area contributed by atoms with Gasteiger partial charge in [-0.15, -0.1) is 0 Å². The molecular weight excluding hydrogens is 276 g/mol. The lowest BCUT2D eigenvalue weighted by Crippen LogP contribution is -2.17. The van der Waals surface area contributed by atoms with Crippen molar-refractivity contribution in [1.82, 2.24) is 5.32 Å². The first-order valence-corrected chi connectivity index (χ1v) is 7.33. The molecule has 1 aromatic carbocycles. The molecule has 0 fully saturated rings. The predicted molar refractivity (Wildman–Crippen MR) is 91.4 cm³/mol. The Balaban J connectivity index is 2.14. The van der Waals surface area contributed by atoms with Crippen LogP contribution >= 0.6 is 0 Å². The van der Waals surface area contributed by atoms with Crippen LogP contribution in [0.15, 0.2) is 58.0 Å². The van der Waals surface area contributed by atoms with Crippen molar-refractivity contribution in [3.8, 4) is 0 Å². The van der Waals surface area contributed by atoms with Gasteiger partial charge in [-0.05, 0) is 29.3 Å². The van der Waals surface area contributed by atoms with E-state index < -0.39 is 0 Å². The van der Waals surface area contributed by atoms with Crippen LogP contribution in [0.25, 0.3) is 11.0 Å². The Morgan fingerprint density at radius 2 is 2.27 bits per heavy atom. The van der Waals surface area contributed by atoms with E-state index in [1.807, 2.05) is 18.2 Å². The summed E-state index contributed by atoms with van der Waals surface area (Å²) in [5.74, 6) is 0.908. The smallest absolute Gasteiger partial charge is 0.134 e. The summed E-state index contributed by atoms with van der Waals surface area (Å²) in [5, 5.41) is 13.0. The minimum absolute atomic E-state index is 0.144. The molecule has 116 valence electrons. The molecule has 1 aromatic heterocycles. The van der Waals surface area contributed by atoms with E-state index in [-0.39, 0.29) is 6.61 Å². The van der Waals surface area contributed by atoms with Crippen LogP contribution in [-0.2, 0) is 13.0 Å². The number of fused-ring (bicyclic) bond motifs is 1. The first-order valence-electron chi connectivity index (χ1n) is 7.33. The van der Waals surface area contributed by atoms with Gasteiger partial charge in [0.1, 0.15) is 11.3 Å². The molecule has 2 aromatic rings. The van der Waals surface area contributed by atoms with E-state index in [0.717, 1.165) is 34.4 Å². The Hall–Kier alpha value is -2.17. The van der Waals surface area contributed by atoms with Gasteiger partial charge in [0, 0.05) is 38.2 Å². The summed E-state index contributed by atoms with van der Waals surface area (Å²) in [5.41, 5.74) is 3.08. The lowest BCUT2D eigenvalue weighted by Gasteiger charge is -2.02. The molecule has 22 heavy (non-hydrogen) atoms. The average molecular weight is 298 g/mol. The van der Waals surface area contributed by atoms with E-state index in [1.54, 1.807) is 13.3 Å². The topological polar surface area (TPSA) is 57.8 Å². The highest BCUT2D eigenvalue weighted by Gasteiger charge is 2.06. The second kappa shape index (κ2) is 8.32. The fourth-order valence-corrected chi connectivity index (χ4v) is 2.21. The molecule has 0 bridgehead atoms. The number of hydrogen-bond donors (Lipinski definition) is 2. The van der Waals surface area contributed by atoms with E-state index in [1.165, 1.54) is 0 Å². The molecule has 0 atom stereocenters. The van der Waals surface area contributed by atoms with Crippen LogP contribution in [0.1, 0.15) is 11.3 Å². The molecule has 0 aliphatic rings. The van der Waals surface area contributed by atoms with Crippen molar-refractivity contribution in [2.45, 2.75) is 13.0 Å². The molecule has 1 heterocycles. The van der Waals surface area contributed by atoms with Crippen molar-refractivity contribution in [2.24, 2.45) is 4.99 Å². The van der Waals surface area contributed by atoms with Gasteiger partial charge in [-0.3, -0.25) is 4.99 Å². The number of furan rings is 1. The summed E-state index contributed by atoms with van der Waals surface area (Å²) in [6.45, 7) is 5.27. The maximum Gasteiger partial charge on any atom is 0.134 e. The third-order valence-electron chi connectivity index (χ3n) is 3.33. The first-order chi connectivity index (χ1) is 10.8. The number of rotatable bonds is 8. The minimum Gasteiger partial charge on any atom is -0.461 e. The molecule has 0 amide bonds. The molecule has 0 saturated carbocycles. The number of nitrogens with zero attached hydrogens (tertiary/aromatic N) is 1. The van der Waals surface area contributed by atoms with Crippen LogP contribution in [0.2, 0.25) is 0 Å². The molecular formula is C18H22N2O2. The van der Waals surface area contributed by atoms with Gasteiger partial charge in [0.05, 0.1) is 6.61 Å². The Morgan fingerprint density at radius 1 is 1.41 bits per heavy atom. The highest BCUT2D eigenvalue weighted by atomic mass is 16.3. The minimum atomic E-state index is 0.144. The Labute approximate surface area is 130 Å². The summed E-state index contributed by atoms with van der Waals surface area (Å²) in [6, 6.07) is 8.22. The number of aliphatic hydroxyl groups is 1. The molecule has 0 aliphatic carbocycles. The highest BCUT2D eigenvalue weighted by molar-refractivity contribution is 5.79. The average Bonchev–Trinajstić information content (AvgIpc) is 2.93. The second-order valence-corrected chi connectivity index (χ2v) is 5.02. The summed E-state index contributed by atoms with van der Waals surface area (Å²) in [4.78, 5) is 3.95. The van der Waals surface area contributed by atoms with Crippen LogP contribution in [0.5, 0.6) is 0 Å². The largest absolute Gasteiger partial charge is 0.461 e. The highest BCUT2D eigenvalue weighted by Crippen LogP contribution is 2.22. The molecule has 0 spiro atoms. The van der Waals surface area contributed by atoms with Gasteiger partial charge in [-0.2, -0.15) is 0 Å². The molecule has 0 radical (unpaired) electrons. The maximum absolute atomic E-state index is 8.78. The standard InChI is InChI=1S/C18H22N2O2/c1-3-14(6-7-19-2)10-17-12-16-5-4-15(11-18(16)22-17)13-20-8-9-21/h3-7,11-12,20-21H,1,8-10,13H2,2H3/b14-6+,19-7?. The summed E-state index contributed by atoms with van der Waals surface area (Å²) in [7, 11) is 1.74. The number of benzene rings is 1. The SMILES string of the molecule is C=C/C(=C\C=NC)Cc1cc2ccc(CNCCO)cc2o1. The number of nitrogens with one attached hydrogen (secondary N) is 1. The van der Waals surface area contributed by atoms with Crippen molar-refractivity contribution in [2.75, 3.05) is 20.2 Å². The van der Waals surface area contributed by atoms with Gasteiger partial charge < -0.3 is 14.8 Å². The molecule has 0 saturated heterocycles. The molecule has 4 heteroatoms. The Morgan fingerprint density at radius 3 is 3.00 bits per heavy atom. The number of allylic oxidation sites excluding steroid dienone is 3. The summed E-state index contributed by atoms with van der Waals surface area (Å²) in [6.07, 6.45) is 6.20. The van der Waals surface area contributed by atoms with Crippen molar-refractivity contribution < 1.29 is 9.52 Å². The molecule has 0 unspecified atom stereocenters. The zero-order chi connectivity index (χ0) is 15.8. The van der Waals surface area contributed by atoms with Gasteiger partial charge >= 0.3 is 0 Å². The van der Waals surface area contributed by atoms with Crippen LogP contribution in [-0.4, -0.2) is 31.5 Å². The van der Waals surface area contributed by atoms with Gasteiger partial charge in [0.25, 0.3) is 0 Å². The molecule has 4 nitrogen and oxygen atoms in total. The van der Waals surface area contributed by atoms with Crippen molar-refractivity contribution in [3.63, 3.8) is 0 Å². The monoisotopic (exact) mass is 298 g/mol. The van der Waals surface area contributed by atoms with E-state index >= 15 is 0 Å². The van der Waals surface area contributed by atoms with Crippen molar-refractivity contribution in [1.29, 1.82) is 0 Å². The van der Waals surface area contributed by atoms with E-state index in [0.29, 0.717) is 13.0 Å². The van der Waals surface area contributed by atoms with Crippen LogP contribution in [0.4, 0.5) is 0 Å². The van der Waals surface area contributed by atoms with Crippen molar-refractivity contribution >= 4 is 17.2 Å². The lowest BCUT2D eigenvalue weighted by molar-refractivity contribution is 0.292. The quantitative estimate of drug-likeness (QED) is 0.447.